The maximum absolute atomic E-state index is 12.6. The van der Waals surface area contributed by atoms with Crippen LogP contribution >= 0.6 is 11.6 Å². The first-order chi connectivity index (χ1) is 14.9. The number of benzene rings is 2. The maximum Gasteiger partial charge on any atom is 0.265 e. The Labute approximate surface area is 183 Å². The number of nitrogens with zero attached hydrogens (tertiary/aromatic N) is 2. The summed E-state index contributed by atoms with van der Waals surface area (Å²) in [7, 11) is 0. The predicted molar refractivity (Wildman–Crippen MR) is 115 cm³/mol. The Hall–Kier alpha value is -3.52. The smallest absolute Gasteiger partial charge is 0.265 e. The molecule has 3 aromatic rings. The molecule has 9 heteroatoms. The minimum atomic E-state index is -0.361. The standard InChI is InChI=1S/C22H20ClN3O5/c1-13-16(14(2)31-25-13)10-26-18-9-15(7-8-20(18)30-12-22(26)28)24-21(27)11-29-19-6-4-3-5-17(19)23/h3-9H,10-12H2,1-2H3,(H,24,27). The van der Waals surface area contributed by atoms with E-state index >= 15 is 0 Å². The fraction of sp³-hybridized carbons (Fsp3) is 0.227. The molecule has 31 heavy (non-hydrogen) atoms. The fourth-order valence-electron chi connectivity index (χ4n) is 3.24. The van der Waals surface area contributed by atoms with Gasteiger partial charge in [-0.05, 0) is 44.2 Å². The summed E-state index contributed by atoms with van der Waals surface area (Å²) in [5.41, 5.74) is 2.62. The third kappa shape index (κ3) is 4.49. The van der Waals surface area contributed by atoms with E-state index < -0.39 is 0 Å². The van der Waals surface area contributed by atoms with Crippen molar-refractivity contribution in [2.45, 2.75) is 20.4 Å². The molecule has 1 aliphatic heterocycles. The first-order valence-corrected chi connectivity index (χ1v) is 9.96. The van der Waals surface area contributed by atoms with E-state index in [9.17, 15) is 9.59 Å². The van der Waals surface area contributed by atoms with Crippen LogP contribution in [0.4, 0.5) is 11.4 Å². The van der Waals surface area contributed by atoms with E-state index in [4.69, 9.17) is 25.6 Å². The number of amides is 2. The number of aryl methyl sites for hydroxylation is 2. The molecule has 8 nitrogen and oxygen atoms in total. The van der Waals surface area contributed by atoms with Crippen molar-refractivity contribution in [3.05, 3.63) is 64.5 Å². The van der Waals surface area contributed by atoms with Crippen LogP contribution < -0.4 is 19.7 Å². The Bertz CT molecular complexity index is 1120. The highest BCUT2D eigenvalue weighted by Gasteiger charge is 2.28. The minimum Gasteiger partial charge on any atom is -0.482 e. The van der Waals surface area contributed by atoms with Crippen LogP contribution in [0.25, 0.3) is 0 Å². The van der Waals surface area contributed by atoms with Crippen LogP contribution in [0.2, 0.25) is 5.02 Å². The lowest BCUT2D eigenvalue weighted by molar-refractivity contribution is -0.121. The lowest BCUT2D eigenvalue weighted by Crippen LogP contribution is -2.38. The number of ether oxygens (including phenoxy) is 2. The second-order valence-corrected chi connectivity index (χ2v) is 7.43. The number of anilines is 2. The largest absolute Gasteiger partial charge is 0.482 e. The number of aromatic nitrogens is 1. The number of carbonyl (C=O) groups is 2. The zero-order valence-electron chi connectivity index (χ0n) is 17.0. The SMILES string of the molecule is Cc1noc(C)c1CN1C(=O)COc2ccc(NC(=O)COc3ccccc3Cl)cc21. The number of para-hydroxylation sites is 1. The molecule has 160 valence electrons. The van der Waals surface area contributed by atoms with Gasteiger partial charge in [-0.15, -0.1) is 0 Å². The lowest BCUT2D eigenvalue weighted by atomic mass is 10.1. The molecule has 1 N–H and O–H groups in total. The Morgan fingerprint density at radius 2 is 2.06 bits per heavy atom. The zero-order valence-corrected chi connectivity index (χ0v) is 17.7. The summed E-state index contributed by atoms with van der Waals surface area (Å²) >= 11 is 6.04. The number of fused-ring (bicyclic) bond motifs is 1. The van der Waals surface area contributed by atoms with Crippen LogP contribution in [0, 0.1) is 13.8 Å². The molecule has 0 atom stereocenters. The van der Waals surface area contributed by atoms with Gasteiger partial charge in [0.2, 0.25) is 0 Å². The molecule has 2 aromatic carbocycles. The van der Waals surface area contributed by atoms with Crippen molar-refractivity contribution in [1.29, 1.82) is 0 Å². The first kappa shape index (κ1) is 20.7. The number of carbonyl (C=O) groups excluding carboxylic acids is 2. The molecule has 2 amide bonds. The Kier molecular flexibility index (Phi) is 5.81. The number of rotatable bonds is 6. The summed E-state index contributed by atoms with van der Waals surface area (Å²) in [6.07, 6.45) is 0. The maximum atomic E-state index is 12.6. The molecule has 4 rings (SSSR count). The Morgan fingerprint density at radius 3 is 2.81 bits per heavy atom. The molecule has 0 spiro atoms. The van der Waals surface area contributed by atoms with E-state index in [1.165, 1.54) is 0 Å². The molecule has 0 saturated heterocycles. The lowest BCUT2D eigenvalue weighted by Gasteiger charge is -2.29. The molecule has 0 aliphatic carbocycles. The molecular formula is C22H20ClN3O5. The van der Waals surface area contributed by atoms with Crippen molar-refractivity contribution in [3.8, 4) is 11.5 Å². The van der Waals surface area contributed by atoms with Crippen LogP contribution in [0.5, 0.6) is 11.5 Å². The highest BCUT2D eigenvalue weighted by Crippen LogP contribution is 2.36. The van der Waals surface area contributed by atoms with Crippen molar-refractivity contribution < 1.29 is 23.6 Å². The fourth-order valence-corrected chi connectivity index (χ4v) is 3.43. The molecule has 0 unspecified atom stereocenters. The third-order valence-corrected chi connectivity index (χ3v) is 5.19. The second kappa shape index (κ2) is 8.69. The van der Waals surface area contributed by atoms with Gasteiger partial charge < -0.3 is 24.2 Å². The number of nitrogens with one attached hydrogen (secondary N) is 1. The van der Waals surface area contributed by atoms with E-state index in [1.54, 1.807) is 54.3 Å². The van der Waals surface area contributed by atoms with Crippen LogP contribution in [0.3, 0.4) is 0 Å². The summed E-state index contributed by atoms with van der Waals surface area (Å²) in [6.45, 7) is 3.65. The van der Waals surface area contributed by atoms with E-state index in [0.29, 0.717) is 40.2 Å². The van der Waals surface area contributed by atoms with E-state index in [2.05, 4.69) is 10.5 Å². The Morgan fingerprint density at radius 1 is 1.26 bits per heavy atom. The first-order valence-electron chi connectivity index (χ1n) is 9.58. The quantitative estimate of drug-likeness (QED) is 0.623. The van der Waals surface area contributed by atoms with E-state index in [-0.39, 0.29) is 25.0 Å². The van der Waals surface area contributed by atoms with Gasteiger partial charge in [-0.2, -0.15) is 0 Å². The van der Waals surface area contributed by atoms with Crippen LogP contribution in [-0.2, 0) is 16.1 Å². The van der Waals surface area contributed by atoms with Crippen molar-refractivity contribution in [2.75, 3.05) is 23.4 Å². The van der Waals surface area contributed by atoms with E-state index in [1.807, 2.05) is 6.92 Å². The summed E-state index contributed by atoms with van der Waals surface area (Å²) < 4.78 is 16.2. The van der Waals surface area contributed by atoms with Gasteiger partial charge in [0, 0.05) is 11.3 Å². The van der Waals surface area contributed by atoms with Gasteiger partial charge in [-0.3, -0.25) is 9.59 Å². The monoisotopic (exact) mass is 441 g/mol. The Balaban J connectivity index is 1.50. The second-order valence-electron chi connectivity index (χ2n) is 7.02. The normalized spacial score (nSPS) is 12.9. The van der Waals surface area contributed by atoms with E-state index in [0.717, 1.165) is 11.3 Å². The third-order valence-electron chi connectivity index (χ3n) is 4.88. The molecule has 0 fully saturated rings. The predicted octanol–water partition coefficient (Wildman–Crippen LogP) is 3.89. The zero-order chi connectivity index (χ0) is 22.0. The highest BCUT2D eigenvalue weighted by atomic mass is 35.5. The van der Waals surface area contributed by atoms with Crippen molar-refractivity contribution in [2.24, 2.45) is 0 Å². The van der Waals surface area contributed by atoms with Crippen molar-refractivity contribution in [1.82, 2.24) is 5.16 Å². The number of halogens is 1. The van der Waals surface area contributed by atoms with Gasteiger partial charge in [0.05, 0.1) is 22.9 Å². The molecule has 1 aliphatic rings. The van der Waals surface area contributed by atoms with Gasteiger partial charge in [0.25, 0.3) is 11.8 Å². The van der Waals surface area contributed by atoms with Crippen LogP contribution in [0.15, 0.2) is 47.0 Å². The number of hydrogen-bond acceptors (Lipinski definition) is 6. The molecule has 0 bridgehead atoms. The van der Waals surface area contributed by atoms with Crippen LogP contribution in [0.1, 0.15) is 17.0 Å². The molecule has 0 radical (unpaired) electrons. The molecule has 1 aromatic heterocycles. The minimum absolute atomic E-state index is 0.0617. The van der Waals surface area contributed by atoms with Gasteiger partial charge in [-0.1, -0.05) is 28.9 Å². The average molecular weight is 442 g/mol. The summed E-state index contributed by atoms with van der Waals surface area (Å²) in [5, 5.41) is 7.14. The van der Waals surface area contributed by atoms with Crippen LogP contribution in [-0.4, -0.2) is 30.2 Å². The van der Waals surface area contributed by atoms with Gasteiger partial charge >= 0.3 is 0 Å². The summed E-state index contributed by atoms with van der Waals surface area (Å²) in [6, 6.07) is 12.0. The van der Waals surface area contributed by atoms with Gasteiger partial charge in [-0.25, -0.2) is 0 Å². The van der Waals surface area contributed by atoms with Gasteiger partial charge in [0.15, 0.2) is 13.2 Å². The molecular weight excluding hydrogens is 422 g/mol. The highest BCUT2D eigenvalue weighted by molar-refractivity contribution is 6.32. The summed E-state index contributed by atoms with van der Waals surface area (Å²) in [4.78, 5) is 26.5. The topological polar surface area (TPSA) is 93.9 Å². The summed E-state index contributed by atoms with van der Waals surface area (Å²) in [5.74, 6) is 1.07. The van der Waals surface area contributed by atoms with Crippen molar-refractivity contribution in [3.63, 3.8) is 0 Å². The molecule has 2 heterocycles. The van der Waals surface area contributed by atoms with Crippen molar-refractivity contribution >= 4 is 34.8 Å². The molecule has 0 saturated carbocycles. The average Bonchev–Trinajstić information content (AvgIpc) is 3.07. The number of hydrogen-bond donors (Lipinski definition) is 1. The van der Waals surface area contributed by atoms with Gasteiger partial charge in [0.1, 0.15) is 17.3 Å².